The van der Waals surface area contributed by atoms with Gasteiger partial charge in [-0.15, -0.1) is 0 Å². The highest BCUT2D eigenvalue weighted by Crippen LogP contribution is 2.29. The van der Waals surface area contributed by atoms with Gasteiger partial charge >= 0.3 is 0 Å². The van der Waals surface area contributed by atoms with E-state index in [1.807, 2.05) is 11.8 Å². The Morgan fingerprint density at radius 2 is 2.11 bits per heavy atom. The zero-order valence-corrected chi connectivity index (χ0v) is 11.7. The van der Waals surface area contributed by atoms with E-state index in [1.54, 1.807) is 6.20 Å². The van der Waals surface area contributed by atoms with Crippen LogP contribution in [0.15, 0.2) is 6.20 Å². The maximum absolute atomic E-state index is 5.72. The number of rotatable bonds is 3. The molecule has 1 aliphatic rings. The lowest BCUT2D eigenvalue weighted by Gasteiger charge is -2.28. The van der Waals surface area contributed by atoms with Crippen molar-refractivity contribution in [1.29, 1.82) is 0 Å². The summed E-state index contributed by atoms with van der Waals surface area (Å²) in [5.41, 5.74) is 6.41. The number of fused-ring (bicyclic) bond motifs is 1. The van der Waals surface area contributed by atoms with Crippen molar-refractivity contribution in [2.75, 3.05) is 17.3 Å². The largest absolute Gasteiger partial charge is 0.368 e. The monoisotopic (exact) mass is 278 g/mol. The van der Waals surface area contributed by atoms with Crippen LogP contribution >= 0.6 is 11.8 Å². The first-order chi connectivity index (χ1) is 9.26. The van der Waals surface area contributed by atoms with E-state index in [-0.39, 0.29) is 5.95 Å². The van der Waals surface area contributed by atoms with Crippen LogP contribution in [0.1, 0.15) is 25.7 Å². The lowest BCUT2D eigenvalue weighted by molar-refractivity contribution is 0.472. The van der Waals surface area contributed by atoms with E-state index in [9.17, 15) is 0 Å². The number of aromatic amines is 1. The summed E-state index contributed by atoms with van der Waals surface area (Å²) in [7, 11) is 0. The van der Waals surface area contributed by atoms with Gasteiger partial charge in [-0.25, -0.2) is 0 Å². The van der Waals surface area contributed by atoms with Gasteiger partial charge in [0, 0.05) is 11.3 Å². The summed E-state index contributed by atoms with van der Waals surface area (Å²) in [6.45, 7) is 0. The van der Waals surface area contributed by atoms with E-state index in [4.69, 9.17) is 5.73 Å². The molecule has 4 N–H and O–H groups in total. The van der Waals surface area contributed by atoms with Gasteiger partial charge in [0.2, 0.25) is 5.95 Å². The van der Waals surface area contributed by atoms with Crippen molar-refractivity contribution in [3.8, 4) is 0 Å². The minimum Gasteiger partial charge on any atom is -0.368 e. The lowest BCUT2D eigenvalue weighted by Crippen LogP contribution is -2.27. The Morgan fingerprint density at radius 3 is 2.84 bits per heavy atom. The average molecular weight is 278 g/mol. The second-order valence-corrected chi connectivity index (χ2v) is 6.05. The zero-order chi connectivity index (χ0) is 13.2. The number of nitrogens with one attached hydrogen (secondary N) is 2. The van der Waals surface area contributed by atoms with Crippen LogP contribution in [0.5, 0.6) is 0 Å². The van der Waals surface area contributed by atoms with Gasteiger partial charge < -0.3 is 11.1 Å². The molecular formula is C12H18N6S. The van der Waals surface area contributed by atoms with E-state index in [0.29, 0.717) is 11.7 Å². The number of anilines is 2. The number of aromatic nitrogens is 4. The number of nitrogens with two attached hydrogens (primary N) is 1. The van der Waals surface area contributed by atoms with Crippen molar-refractivity contribution in [1.82, 2.24) is 20.2 Å². The Bertz CT molecular complexity index is 560. The number of nitrogens with zero attached hydrogens (tertiary/aromatic N) is 3. The van der Waals surface area contributed by atoms with Crippen LogP contribution in [0.25, 0.3) is 11.0 Å². The highest BCUT2D eigenvalue weighted by Gasteiger charge is 2.21. The summed E-state index contributed by atoms with van der Waals surface area (Å²) < 4.78 is 0. The molecule has 0 aromatic carbocycles. The van der Waals surface area contributed by atoms with Crippen LogP contribution in [-0.4, -0.2) is 37.7 Å². The van der Waals surface area contributed by atoms with Crippen molar-refractivity contribution in [3.63, 3.8) is 0 Å². The molecule has 0 saturated heterocycles. The van der Waals surface area contributed by atoms with Crippen LogP contribution in [0.3, 0.4) is 0 Å². The van der Waals surface area contributed by atoms with Gasteiger partial charge in [-0.3, -0.25) is 5.10 Å². The molecule has 0 bridgehead atoms. The summed E-state index contributed by atoms with van der Waals surface area (Å²) in [5, 5.41) is 12.0. The highest BCUT2D eigenvalue weighted by molar-refractivity contribution is 7.99. The molecule has 3 rings (SSSR count). The van der Waals surface area contributed by atoms with E-state index >= 15 is 0 Å². The van der Waals surface area contributed by atoms with Crippen molar-refractivity contribution in [2.24, 2.45) is 0 Å². The first kappa shape index (κ1) is 12.5. The third-order valence-corrected chi connectivity index (χ3v) is 4.81. The Labute approximate surface area is 116 Å². The van der Waals surface area contributed by atoms with Gasteiger partial charge in [0.1, 0.15) is 5.82 Å². The van der Waals surface area contributed by atoms with Gasteiger partial charge in [0.15, 0.2) is 5.65 Å². The smallest absolute Gasteiger partial charge is 0.224 e. The Kier molecular flexibility index (Phi) is 3.46. The highest BCUT2D eigenvalue weighted by atomic mass is 32.2. The fraction of sp³-hybridized carbons (Fsp3) is 0.583. The van der Waals surface area contributed by atoms with Crippen LogP contribution in [-0.2, 0) is 0 Å². The first-order valence-corrected chi connectivity index (χ1v) is 7.81. The Morgan fingerprint density at radius 1 is 1.32 bits per heavy atom. The van der Waals surface area contributed by atoms with Crippen molar-refractivity contribution >= 4 is 34.6 Å². The van der Waals surface area contributed by atoms with E-state index in [2.05, 4.69) is 31.7 Å². The molecule has 1 aliphatic carbocycles. The SMILES string of the molecule is CSC1CCC(Nc2nc(N)nc3[nH]ncc23)CC1. The van der Waals surface area contributed by atoms with Crippen LogP contribution in [0, 0.1) is 0 Å². The molecule has 0 amide bonds. The fourth-order valence-corrected chi connectivity index (χ4v) is 3.34. The maximum atomic E-state index is 5.72. The molecule has 0 unspecified atom stereocenters. The minimum absolute atomic E-state index is 0.275. The fourth-order valence-electron chi connectivity index (χ4n) is 2.60. The van der Waals surface area contributed by atoms with Crippen molar-refractivity contribution in [3.05, 3.63) is 6.20 Å². The summed E-state index contributed by atoms with van der Waals surface area (Å²) in [4.78, 5) is 8.42. The van der Waals surface area contributed by atoms with E-state index in [0.717, 1.165) is 16.5 Å². The summed E-state index contributed by atoms with van der Waals surface area (Å²) in [5.74, 6) is 1.07. The Balaban J connectivity index is 1.76. The van der Waals surface area contributed by atoms with Gasteiger partial charge in [0.25, 0.3) is 0 Å². The average Bonchev–Trinajstić information content (AvgIpc) is 2.88. The van der Waals surface area contributed by atoms with Gasteiger partial charge in [-0.1, -0.05) is 0 Å². The summed E-state index contributed by atoms with van der Waals surface area (Å²) in [6, 6.07) is 0.468. The number of hydrogen-bond acceptors (Lipinski definition) is 6. The third-order valence-electron chi connectivity index (χ3n) is 3.68. The maximum Gasteiger partial charge on any atom is 0.224 e. The van der Waals surface area contributed by atoms with Crippen LogP contribution < -0.4 is 11.1 Å². The molecule has 19 heavy (non-hydrogen) atoms. The molecule has 6 nitrogen and oxygen atoms in total. The molecule has 0 spiro atoms. The minimum atomic E-state index is 0.275. The van der Waals surface area contributed by atoms with Crippen LogP contribution in [0.4, 0.5) is 11.8 Å². The molecule has 0 aliphatic heterocycles. The quantitative estimate of drug-likeness (QED) is 0.795. The third kappa shape index (κ3) is 2.60. The number of thioether (sulfide) groups is 1. The van der Waals surface area contributed by atoms with Gasteiger partial charge in [0.05, 0.1) is 11.6 Å². The number of nitrogen functional groups attached to an aromatic ring is 1. The van der Waals surface area contributed by atoms with E-state index < -0.39 is 0 Å². The molecule has 2 heterocycles. The van der Waals surface area contributed by atoms with Gasteiger partial charge in [-0.05, 0) is 31.9 Å². The second kappa shape index (κ2) is 5.24. The molecule has 0 radical (unpaired) electrons. The number of H-pyrrole nitrogens is 1. The molecule has 2 aromatic heterocycles. The van der Waals surface area contributed by atoms with Crippen LogP contribution in [0.2, 0.25) is 0 Å². The molecular weight excluding hydrogens is 260 g/mol. The summed E-state index contributed by atoms with van der Waals surface area (Å²) >= 11 is 1.97. The van der Waals surface area contributed by atoms with Crippen molar-refractivity contribution < 1.29 is 0 Å². The predicted octanol–water partition coefficient (Wildman–Crippen LogP) is 2.02. The standard InChI is InChI=1S/C12H18N6S/c1-19-8-4-2-7(3-5-8)15-10-9-6-14-18-11(9)17-12(13)16-10/h6-8H,2-5H2,1H3,(H4,13,14,15,16,17,18). The second-order valence-electron chi connectivity index (χ2n) is 4.92. The molecule has 102 valence electrons. The lowest BCUT2D eigenvalue weighted by atomic mass is 9.95. The molecule has 2 aromatic rings. The summed E-state index contributed by atoms with van der Waals surface area (Å²) in [6.07, 6.45) is 8.80. The molecule has 1 fully saturated rings. The zero-order valence-electron chi connectivity index (χ0n) is 10.9. The number of hydrogen-bond donors (Lipinski definition) is 3. The first-order valence-electron chi connectivity index (χ1n) is 6.52. The Hall–Kier alpha value is -1.50. The molecule has 1 saturated carbocycles. The normalized spacial score (nSPS) is 23.6. The molecule has 7 heteroatoms. The molecule has 0 atom stereocenters. The topological polar surface area (TPSA) is 92.5 Å². The van der Waals surface area contributed by atoms with E-state index in [1.165, 1.54) is 25.7 Å². The van der Waals surface area contributed by atoms with Gasteiger partial charge in [-0.2, -0.15) is 26.8 Å². The van der Waals surface area contributed by atoms with Crippen molar-refractivity contribution in [2.45, 2.75) is 37.0 Å². The predicted molar refractivity (Wildman–Crippen MR) is 79.3 cm³/mol.